The maximum atomic E-state index is 5.67. The van der Waals surface area contributed by atoms with Gasteiger partial charge in [-0.05, 0) is 38.2 Å². The zero-order valence-electron chi connectivity index (χ0n) is 10.2. The van der Waals surface area contributed by atoms with Crippen molar-refractivity contribution in [3.63, 3.8) is 0 Å². The van der Waals surface area contributed by atoms with Gasteiger partial charge in [0.05, 0.1) is 25.0 Å². The van der Waals surface area contributed by atoms with Crippen LogP contribution >= 0.6 is 12.2 Å². The third-order valence-electron chi connectivity index (χ3n) is 2.70. The molecule has 1 N–H and O–H groups in total. The summed E-state index contributed by atoms with van der Waals surface area (Å²) in [6.45, 7) is 6.45. The van der Waals surface area contributed by atoms with Gasteiger partial charge in [-0.25, -0.2) is 0 Å². The molecule has 1 aromatic rings. The van der Waals surface area contributed by atoms with Crippen molar-refractivity contribution >= 4 is 17.3 Å². The van der Waals surface area contributed by atoms with Gasteiger partial charge in [0.1, 0.15) is 5.76 Å². The minimum atomic E-state index is 0.224. The first kappa shape index (κ1) is 12.4. The monoisotopic (exact) mass is 254 g/mol. The fourth-order valence-electron chi connectivity index (χ4n) is 2.03. The maximum absolute atomic E-state index is 5.67. The lowest BCUT2D eigenvalue weighted by molar-refractivity contribution is -0.0482. The van der Waals surface area contributed by atoms with Gasteiger partial charge in [0.2, 0.25) is 0 Å². The molecule has 0 aliphatic carbocycles. The predicted octanol–water partition coefficient (Wildman–Crippen LogP) is 1.76. The molecular formula is C12H18N2O2S. The highest BCUT2D eigenvalue weighted by Gasteiger charge is 2.23. The molecule has 5 heteroatoms. The minimum absolute atomic E-state index is 0.224. The van der Waals surface area contributed by atoms with Crippen LogP contribution in [0.4, 0.5) is 0 Å². The SMILES string of the molecule is C[C@@H]1CN(C(=S)NCc2ccco2)C[C@@H](C)O1. The van der Waals surface area contributed by atoms with Crippen molar-refractivity contribution in [2.45, 2.75) is 32.6 Å². The second kappa shape index (κ2) is 5.51. The summed E-state index contributed by atoms with van der Waals surface area (Å²) in [7, 11) is 0. The molecule has 94 valence electrons. The highest BCUT2D eigenvalue weighted by Crippen LogP contribution is 2.11. The number of thiocarbonyl (C=S) groups is 1. The van der Waals surface area contributed by atoms with Crippen molar-refractivity contribution in [1.82, 2.24) is 10.2 Å². The van der Waals surface area contributed by atoms with Crippen molar-refractivity contribution in [2.24, 2.45) is 0 Å². The van der Waals surface area contributed by atoms with E-state index in [1.54, 1.807) is 6.26 Å². The Bertz CT molecular complexity index is 357. The largest absolute Gasteiger partial charge is 0.467 e. The smallest absolute Gasteiger partial charge is 0.169 e. The van der Waals surface area contributed by atoms with E-state index in [1.807, 2.05) is 12.1 Å². The topological polar surface area (TPSA) is 37.6 Å². The summed E-state index contributed by atoms with van der Waals surface area (Å²) >= 11 is 5.37. The summed E-state index contributed by atoms with van der Waals surface area (Å²) < 4.78 is 10.9. The zero-order valence-corrected chi connectivity index (χ0v) is 11.0. The van der Waals surface area contributed by atoms with E-state index in [9.17, 15) is 0 Å². The summed E-state index contributed by atoms with van der Waals surface area (Å²) in [6.07, 6.45) is 2.11. The van der Waals surface area contributed by atoms with Crippen molar-refractivity contribution in [1.29, 1.82) is 0 Å². The Morgan fingerprint density at radius 1 is 1.47 bits per heavy atom. The molecule has 1 aliphatic heterocycles. The molecule has 1 aromatic heterocycles. The van der Waals surface area contributed by atoms with E-state index < -0.39 is 0 Å². The van der Waals surface area contributed by atoms with Crippen LogP contribution in [-0.2, 0) is 11.3 Å². The van der Waals surface area contributed by atoms with Crippen molar-refractivity contribution in [3.05, 3.63) is 24.2 Å². The van der Waals surface area contributed by atoms with Gasteiger partial charge in [-0.2, -0.15) is 0 Å². The van der Waals surface area contributed by atoms with E-state index in [-0.39, 0.29) is 12.2 Å². The minimum Gasteiger partial charge on any atom is -0.467 e. The molecule has 0 saturated carbocycles. The van der Waals surface area contributed by atoms with E-state index in [2.05, 4.69) is 24.1 Å². The third-order valence-corrected chi connectivity index (χ3v) is 3.10. The van der Waals surface area contributed by atoms with Gasteiger partial charge in [-0.1, -0.05) is 0 Å². The number of nitrogens with one attached hydrogen (secondary N) is 1. The Kier molecular flexibility index (Phi) is 4.02. The maximum Gasteiger partial charge on any atom is 0.169 e. The average Bonchev–Trinajstić information content (AvgIpc) is 2.77. The first-order valence-corrected chi connectivity index (χ1v) is 6.26. The molecule has 4 nitrogen and oxygen atoms in total. The van der Waals surface area contributed by atoms with Crippen molar-refractivity contribution in [2.75, 3.05) is 13.1 Å². The first-order chi connectivity index (χ1) is 8.15. The zero-order chi connectivity index (χ0) is 12.3. The van der Waals surface area contributed by atoms with Crippen LogP contribution in [0.2, 0.25) is 0 Å². The molecule has 1 fully saturated rings. The van der Waals surface area contributed by atoms with Gasteiger partial charge in [-0.3, -0.25) is 0 Å². The lowest BCUT2D eigenvalue weighted by Gasteiger charge is -2.36. The fourth-order valence-corrected chi connectivity index (χ4v) is 2.25. The summed E-state index contributed by atoms with van der Waals surface area (Å²) in [5.74, 6) is 0.890. The number of ether oxygens (including phenoxy) is 1. The van der Waals surface area contributed by atoms with E-state index in [0.717, 1.165) is 24.0 Å². The second-order valence-electron chi connectivity index (χ2n) is 4.40. The molecular weight excluding hydrogens is 236 g/mol. The molecule has 0 amide bonds. The molecule has 2 atom stereocenters. The van der Waals surface area contributed by atoms with Gasteiger partial charge >= 0.3 is 0 Å². The van der Waals surface area contributed by atoms with Crippen LogP contribution in [0.15, 0.2) is 22.8 Å². The summed E-state index contributed by atoms with van der Waals surface area (Å²) in [5, 5.41) is 3.97. The Labute approximate surface area is 107 Å². The predicted molar refractivity (Wildman–Crippen MR) is 69.7 cm³/mol. The van der Waals surface area contributed by atoms with Crippen LogP contribution in [0.3, 0.4) is 0 Å². The van der Waals surface area contributed by atoms with Gasteiger partial charge < -0.3 is 19.4 Å². The molecule has 1 saturated heterocycles. The van der Waals surface area contributed by atoms with E-state index in [1.165, 1.54) is 0 Å². The van der Waals surface area contributed by atoms with Crippen LogP contribution in [0.25, 0.3) is 0 Å². The van der Waals surface area contributed by atoms with Crippen LogP contribution in [0.5, 0.6) is 0 Å². The Balaban J connectivity index is 1.83. The van der Waals surface area contributed by atoms with Crippen molar-refractivity contribution < 1.29 is 9.15 Å². The normalized spacial score (nSPS) is 24.7. The molecule has 0 spiro atoms. The number of hydrogen-bond acceptors (Lipinski definition) is 3. The van der Waals surface area contributed by atoms with Gasteiger partial charge in [-0.15, -0.1) is 0 Å². The summed E-state index contributed by atoms with van der Waals surface area (Å²) in [6, 6.07) is 3.80. The molecule has 0 radical (unpaired) electrons. The van der Waals surface area contributed by atoms with Gasteiger partial charge in [0.25, 0.3) is 0 Å². The molecule has 17 heavy (non-hydrogen) atoms. The first-order valence-electron chi connectivity index (χ1n) is 5.86. The number of furan rings is 1. The molecule has 2 rings (SSSR count). The molecule has 0 unspecified atom stereocenters. The Morgan fingerprint density at radius 2 is 2.18 bits per heavy atom. The average molecular weight is 254 g/mol. The molecule has 1 aliphatic rings. The lowest BCUT2D eigenvalue weighted by Crippen LogP contribution is -2.51. The molecule has 0 aromatic carbocycles. The quantitative estimate of drug-likeness (QED) is 0.814. The van der Waals surface area contributed by atoms with Gasteiger partial charge in [0.15, 0.2) is 5.11 Å². The van der Waals surface area contributed by atoms with Gasteiger partial charge in [0, 0.05) is 13.1 Å². The number of nitrogens with zero attached hydrogens (tertiary/aromatic N) is 1. The fraction of sp³-hybridized carbons (Fsp3) is 0.583. The Hall–Kier alpha value is -1.07. The van der Waals surface area contributed by atoms with Crippen LogP contribution in [0, 0.1) is 0 Å². The molecule has 0 bridgehead atoms. The van der Waals surface area contributed by atoms with Crippen LogP contribution in [0.1, 0.15) is 19.6 Å². The van der Waals surface area contributed by atoms with E-state index in [0.29, 0.717) is 6.54 Å². The summed E-state index contributed by atoms with van der Waals surface area (Å²) in [5.41, 5.74) is 0. The summed E-state index contributed by atoms with van der Waals surface area (Å²) in [4.78, 5) is 2.15. The standard InChI is InChI=1S/C12H18N2O2S/c1-9-7-14(8-10(2)16-9)12(17)13-6-11-4-3-5-15-11/h3-5,9-10H,6-8H2,1-2H3,(H,13,17)/t9-,10-/m1/s1. The second-order valence-corrected chi connectivity index (χ2v) is 4.79. The third kappa shape index (κ3) is 3.44. The lowest BCUT2D eigenvalue weighted by atomic mass is 10.2. The highest BCUT2D eigenvalue weighted by molar-refractivity contribution is 7.80. The van der Waals surface area contributed by atoms with Crippen LogP contribution in [-0.4, -0.2) is 35.3 Å². The van der Waals surface area contributed by atoms with Crippen molar-refractivity contribution in [3.8, 4) is 0 Å². The number of morpholine rings is 1. The van der Waals surface area contributed by atoms with Crippen LogP contribution < -0.4 is 5.32 Å². The number of rotatable bonds is 2. The highest BCUT2D eigenvalue weighted by atomic mass is 32.1. The van der Waals surface area contributed by atoms with E-state index in [4.69, 9.17) is 21.4 Å². The molecule has 2 heterocycles. The van der Waals surface area contributed by atoms with E-state index >= 15 is 0 Å². The number of hydrogen-bond donors (Lipinski definition) is 1. The Morgan fingerprint density at radius 3 is 2.76 bits per heavy atom.